The highest BCUT2D eigenvalue weighted by molar-refractivity contribution is 7.92. The van der Waals surface area contributed by atoms with Crippen molar-refractivity contribution in [3.8, 4) is 0 Å². The lowest BCUT2D eigenvalue weighted by Gasteiger charge is -2.07. The monoisotopic (exact) mass is 268 g/mol. The molecule has 0 heterocycles. The number of nitrogen functional groups attached to an aromatic ring is 1. The van der Waals surface area contributed by atoms with E-state index in [0.717, 1.165) is 12.8 Å². The fraction of sp³-hybridized carbons (Fsp3) is 0.417. The lowest BCUT2D eigenvalue weighted by atomic mass is 10.2. The topological polar surface area (TPSA) is 89.3 Å². The predicted molar refractivity (Wildman–Crippen MR) is 68.8 cm³/mol. The zero-order chi connectivity index (χ0) is 13.3. The minimum Gasteiger partial charge on any atom is -0.399 e. The minimum absolute atomic E-state index is 0.139. The summed E-state index contributed by atoms with van der Waals surface area (Å²) in [4.78, 5) is 11.7. The van der Waals surface area contributed by atoms with Crippen LogP contribution in [0.4, 0.5) is 5.69 Å². The Bertz CT molecular complexity index is 577. The van der Waals surface area contributed by atoms with Crippen LogP contribution in [0.2, 0.25) is 0 Å². The Balaban J connectivity index is 2.13. The Morgan fingerprint density at radius 2 is 2.11 bits per heavy atom. The van der Waals surface area contributed by atoms with E-state index in [0.29, 0.717) is 11.3 Å². The lowest BCUT2D eigenvalue weighted by Crippen LogP contribution is -2.31. The summed E-state index contributed by atoms with van der Waals surface area (Å²) >= 11 is 0. The number of nitrogens with one attached hydrogen (secondary N) is 1. The SMILES string of the molecule is Cc1cc(S(=O)(=O)CC(=O)NC2CC2)ccc1N. The van der Waals surface area contributed by atoms with E-state index in [1.807, 2.05) is 0 Å². The maximum atomic E-state index is 12.0. The molecular weight excluding hydrogens is 252 g/mol. The van der Waals surface area contributed by atoms with Gasteiger partial charge in [-0.15, -0.1) is 0 Å². The zero-order valence-electron chi connectivity index (χ0n) is 10.1. The Morgan fingerprint density at radius 1 is 1.44 bits per heavy atom. The molecule has 18 heavy (non-hydrogen) atoms. The first kappa shape index (κ1) is 12.9. The lowest BCUT2D eigenvalue weighted by molar-refractivity contribution is -0.118. The molecule has 0 unspecified atom stereocenters. The van der Waals surface area contributed by atoms with Gasteiger partial charge in [-0.05, 0) is 43.5 Å². The van der Waals surface area contributed by atoms with E-state index in [1.165, 1.54) is 12.1 Å². The van der Waals surface area contributed by atoms with E-state index in [4.69, 9.17) is 5.73 Å². The van der Waals surface area contributed by atoms with Gasteiger partial charge in [-0.3, -0.25) is 4.79 Å². The van der Waals surface area contributed by atoms with Gasteiger partial charge >= 0.3 is 0 Å². The number of carbonyl (C=O) groups is 1. The molecule has 6 heteroatoms. The summed E-state index contributed by atoms with van der Waals surface area (Å²) in [5.74, 6) is -0.945. The smallest absolute Gasteiger partial charge is 0.235 e. The number of sulfone groups is 1. The molecule has 1 aliphatic carbocycles. The number of amides is 1. The molecule has 3 N–H and O–H groups in total. The predicted octanol–water partition coefficient (Wildman–Crippen LogP) is 0.630. The highest BCUT2D eigenvalue weighted by atomic mass is 32.2. The van der Waals surface area contributed by atoms with Crippen LogP contribution in [0.3, 0.4) is 0 Å². The molecule has 0 spiro atoms. The van der Waals surface area contributed by atoms with Crippen LogP contribution in [0.5, 0.6) is 0 Å². The molecule has 0 saturated heterocycles. The van der Waals surface area contributed by atoms with Crippen molar-refractivity contribution in [1.82, 2.24) is 5.32 Å². The van der Waals surface area contributed by atoms with E-state index in [2.05, 4.69) is 5.32 Å². The van der Waals surface area contributed by atoms with E-state index in [-0.39, 0.29) is 10.9 Å². The second-order valence-electron chi connectivity index (χ2n) is 4.62. The van der Waals surface area contributed by atoms with Gasteiger partial charge in [0.1, 0.15) is 5.75 Å². The number of benzene rings is 1. The third kappa shape index (κ3) is 3.01. The first-order chi connectivity index (χ1) is 8.38. The van der Waals surface area contributed by atoms with Crippen LogP contribution in [0.25, 0.3) is 0 Å². The van der Waals surface area contributed by atoms with E-state index in [9.17, 15) is 13.2 Å². The van der Waals surface area contributed by atoms with Gasteiger partial charge in [-0.2, -0.15) is 0 Å². The number of hydrogen-bond donors (Lipinski definition) is 2. The third-order valence-electron chi connectivity index (χ3n) is 2.86. The highest BCUT2D eigenvalue weighted by Crippen LogP contribution is 2.20. The van der Waals surface area contributed by atoms with Crippen LogP contribution in [-0.4, -0.2) is 26.1 Å². The summed E-state index contributed by atoms with van der Waals surface area (Å²) in [6.45, 7) is 1.73. The first-order valence-electron chi connectivity index (χ1n) is 5.77. The molecule has 98 valence electrons. The van der Waals surface area contributed by atoms with E-state index < -0.39 is 21.5 Å². The Kier molecular flexibility index (Phi) is 3.30. The molecule has 1 aromatic carbocycles. The Labute approximate surface area is 106 Å². The van der Waals surface area contributed by atoms with Crippen molar-refractivity contribution < 1.29 is 13.2 Å². The van der Waals surface area contributed by atoms with Gasteiger partial charge in [0, 0.05) is 11.7 Å². The maximum Gasteiger partial charge on any atom is 0.235 e. The van der Waals surface area contributed by atoms with Gasteiger partial charge in [0.15, 0.2) is 9.84 Å². The van der Waals surface area contributed by atoms with Crippen molar-refractivity contribution in [2.24, 2.45) is 0 Å². The zero-order valence-corrected chi connectivity index (χ0v) is 11.0. The van der Waals surface area contributed by atoms with Gasteiger partial charge in [0.2, 0.25) is 5.91 Å². The van der Waals surface area contributed by atoms with Crippen molar-refractivity contribution in [3.63, 3.8) is 0 Å². The molecule has 1 aromatic rings. The second-order valence-corrected chi connectivity index (χ2v) is 6.61. The molecule has 2 rings (SSSR count). The number of hydrogen-bond acceptors (Lipinski definition) is 4. The molecule has 0 bridgehead atoms. The Morgan fingerprint density at radius 3 is 2.67 bits per heavy atom. The highest BCUT2D eigenvalue weighted by Gasteiger charge is 2.26. The van der Waals surface area contributed by atoms with E-state index >= 15 is 0 Å². The van der Waals surface area contributed by atoms with Gasteiger partial charge in [0.25, 0.3) is 0 Å². The van der Waals surface area contributed by atoms with Crippen LogP contribution in [0.1, 0.15) is 18.4 Å². The number of nitrogens with two attached hydrogens (primary N) is 1. The van der Waals surface area contributed by atoms with Crippen LogP contribution in [0.15, 0.2) is 23.1 Å². The van der Waals surface area contributed by atoms with Gasteiger partial charge in [-0.1, -0.05) is 0 Å². The standard InChI is InChI=1S/C12H16N2O3S/c1-8-6-10(4-5-11(8)13)18(16,17)7-12(15)14-9-2-3-9/h4-6,9H,2-3,7,13H2,1H3,(H,14,15). The van der Waals surface area contributed by atoms with Crippen molar-refractivity contribution in [2.45, 2.75) is 30.7 Å². The Hall–Kier alpha value is -1.56. The van der Waals surface area contributed by atoms with Crippen LogP contribution in [-0.2, 0) is 14.6 Å². The van der Waals surface area contributed by atoms with E-state index in [1.54, 1.807) is 13.0 Å². The molecule has 0 aliphatic heterocycles. The van der Waals surface area contributed by atoms with Crippen molar-refractivity contribution >= 4 is 21.4 Å². The van der Waals surface area contributed by atoms with Crippen molar-refractivity contribution in [1.29, 1.82) is 0 Å². The number of rotatable bonds is 4. The average molecular weight is 268 g/mol. The molecule has 5 nitrogen and oxygen atoms in total. The van der Waals surface area contributed by atoms with Crippen molar-refractivity contribution in [3.05, 3.63) is 23.8 Å². The van der Waals surface area contributed by atoms with Crippen LogP contribution in [0, 0.1) is 6.92 Å². The fourth-order valence-electron chi connectivity index (χ4n) is 1.59. The average Bonchev–Trinajstić information content (AvgIpc) is 3.04. The largest absolute Gasteiger partial charge is 0.399 e. The van der Waals surface area contributed by atoms with Gasteiger partial charge in [-0.25, -0.2) is 8.42 Å². The molecule has 0 atom stereocenters. The normalized spacial score (nSPS) is 15.4. The number of aryl methyl sites for hydroxylation is 1. The number of carbonyl (C=O) groups excluding carboxylic acids is 1. The summed E-state index contributed by atoms with van der Waals surface area (Å²) in [6.07, 6.45) is 1.87. The maximum absolute atomic E-state index is 12.0. The summed E-state index contributed by atoms with van der Waals surface area (Å²) in [6, 6.07) is 4.64. The first-order valence-corrected chi connectivity index (χ1v) is 7.42. The summed E-state index contributed by atoms with van der Waals surface area (Å²) < 4.78 is 24.0. The quantitative estimate of drug-likeness (QED) is 0.784. The summed E-state index contributed by atoms with van der Waals surface area (Å²) in [7, 11) is -3.58. The third-order valence-corrected chi connectivity index (χ3v) is 4.48. The summed E-state index contributed by atoms with van der Waals surface area (Å²) in [5, 5.41) is 2.66. The number of anilines is 1. The minimum atomic E-state index is -3.58. The fourth-order valence-corrected chi connectivity index (χ4v) is 2.82. The molecule has 1 amide bonds. The molecule has 0 aromatic heterocycles. The van der Waals surface area contributed by atoms with Gasteiger partial charge < -0.3 is 11.1 Å². The molecule has 0 radical (unpaired) electrons. The molecular formula is C12H16N2O3S. The molecule has 1 aliphatic rings. The molecule has 1 saturated carbocycles. The van der Waals surface area contributed by atoms with Gasteiger partial charge in [0.05, 0.1) is 4.90 Å². The summed E-state index contributed by atoms with van der Waals surface area (Å²) in [5.41, 5.74) is 6.86. The van der Waals surface area contributed by atoms with Crippen molar-refractivity contribution in [2.75, 3.05) is 11.5 Å². The molecule has 1 fully saturated rings. The van der Waals surface area contributed by atoms with Crippen LogP contribution < -0.4 is 11.1 Å². The van der Waals surface area contributed by atoms with Crippen LogP contribution >= 0.6 is 0 Å². The second kappa shape index (κ2) is 4.61.